The number of esters is 2. The summed E-state index contributed by atoms with van der Waals surface area (Å²) in [5.74, 6) is -1.23. The Bertz CT molecular complexity index is 1370. The van der Waals surface area contributed by atoms with Gasteiger partial charge in [-0.05, 0) is 51.4 Å². The van der Waals surface area contributed by atoms with Crippen LogP contribution in [0, 0.1) is 0 Å². The highest BCUT2D eigenvalue weighted by atomic mass is 31.2. The van der Waals surface area contributed by atoms with Gasteiger partial charge in [0.15, 0.2) is 6.10 Å². The molecule has 0 amide bonds. The molecule has 16 nitrogen and oxygen atoms in total. The van der Waals surface area contributed by atoms with Crippen molar-refractivity contribution < 1.29 is 76.9 Å². The number of ether oxygens (including phenoxy) is 2. The minimum absolute atomic E-state index is 0.0415. The summed E-state index contributed by atoms with van der Waals surface area (Å²) in [6.07, 6.45) is 23.9. The first-order chi connectivity index (χ1) is 30.1. The first kappa shape index (κ1) is 59.2. The van der Waals surface area contributed by atoms with Crippen molar-refractivity contribution in [2.24, 2.45) is 0 Å². The molecule has 8 atom stereocenters. The number of unbranched alkanes of at least 4 members (excludes halogenated alkanes) is 19. The Labute approximate surface area is 376 Å². The van der Waals surface area contributed by atoms with Crippen molar-refractivity contribution in [1.82, 2.24) is 0 Å². The molecule has 1 aliphatic carbocycles. The van der Waals surface area contributed by atoms with Crippen molar-refractivity contribution in [3.8, 4) is 0 Å². The highest BCUT2D eigenvalue weighted by Crippen LogP contribution is 2.49. The number of rotatable bonds is 39. The fourth-order valence-electron chi connectivity index (χ4n) is 7.03. The highest BCUT2D eigenvalue weighted by Gasteiger charge is 2.54. The summed E-state index contributed by atoms with van der Waals surface area (Å²) < 4.78 is 49.3. The van der Waals surface area contributed by atoms with Crippen LogP contribution in [0.1, 0.15) is 181 Å². The number of aliphatic hydroxyl groups is 4. The molecular formula is C45H82O16P2. The first-order valence-corrected chi connectivity index (χ1v) is 26.6. The topological polar surface area (TPSA) is 256 Å². The molecule has 0 aromatic rings. The van der Waals surface area contributed by atoms with Crippen molar-refractivity contribution in [2.75, 3.05) is 13.2 Å². The maximum absolute atomic E-state index is 13.0. The Kier molecular flexibility index (Phi) is 34.2. The number of carbonyl (C=O) groups is 2. The normalized spacial score (nSPS) is 22.2. The molecule has 0 saturated heterocycles. The van der Waals surface area contributed by atoms with E-state index in [4.69, 9.17) is 28.3 Å². The Hall–Kier alpha value is -1.78. The van der Waals surface area contributed by atoms with Crippen LogP contribution in [0.5, 0.6) is 0 Å². The van der Waals surface area contributed by atoms with Crippen LogP contribution in [-0.4, -0.2) is 103 Å². The zero-order valence-corrected chi connectivity index (χ0v) is 39.8. The second-order valence-corrected chi connectivity index (χ2v) is 19.1. The van der Waals surface area contributed by atoms with Crippen molar-refractivity contribution in [3.05, 3.63) is 36.5 Å². The second-order valence-electron chi connectivity index (χ2n) is 16.5. The predicted octanol–water partition coefficient (Wildman–Crippen LogP) is 8.73. The Morgan fingerprint density at radius 1 is 0.508 bits per heavy atom. The minimum atomic E-state index is -5.36. The van der Waals surface area contributed by atoms with E-state index in [9.17, 15) is 44.0 Å². The number of aliphatic hydroxyl groups excluding tert-OH is 4. The van der Waals surface area contributed by atoms with Crippen molar-refractivity contribution in [2.45, 2.75) is 224 Å². The van der Waals surface area contributed by atoms with Crippen molar-refractivity contribution in [1.29, 1.82) is 0 Å². The van der Waals surface area contributed by atoms with Crippen molar-refractivity contribution in [3.63, 3.8) is 0 Å². The van der Waals surface area contributed by atoms with Gasteiger partial charge in [-0.1, -0.05) is 153 Å². The zero-order chi connectivity index (χ0) is 46.8. The average molecular weight is 941 g/mol. The molecule has 1 fully saturated rings. The number of hydrogen-bond donors (Lipinski definition) is 7. The number of phosphoric ester groups is 2. The van der Waals surface area contributed by atoms with E-state index in [0.717, 1.165) is 70.6 Å². The fourth-order valence-corrected chi connectivity index (χ4v) is 8.57. The standard InChI is InChI=1S/C45H82O16P2/c1-3-5-7-9-11-13-15-17-18-19-20-22-23-25-27-29-31-33-38(46)57-35-37(59-39(47)34-32-30-28-26-24-21-16-14-12-10-8-6-4-2)36-58-63(55,56)61-45-42(50)40(48)41(49)44(43(45)51)60-62(52,53)54/h11,13,17-18,20,22,37,40-45,48-51H,3-10,12,14-16,19,21,23-36H2,1-2H3,(H,55,56)(H2,52,53,54). The minimum Gasteiger partial charge on any atom is -0.462 e. The quantitative estimate of drug-likeness (QED) is 0.0132. The third-order valence-corrected chi connectivity index (χ3v) is 12.2. The molecule has 63 heavy (non-hydrogen) atoms. The fraction of sp³-hybridized carbons (Fsp3) is 0.822. The molecule has 0 radical (unpaired) electrons. The Balaban J connectivity index is 2.61. The summed E-state index contributed by atoms with van der Waals surface area (Å²) in [4.78, 5) is 54.2. The lowest BCUT2D eigenvalue weighted by molar-refractivity contribution is -0.216. The van der Waals surface area contributed by atoms with E-state index in [2.05, 4.69) is 54.8 Å². The molecule has 0 aromatic heterocycles. The van der Waals surface area contributed by atoms with Gasteiger partial charge in [-0.2, -0.15) is 0 Å². The molecule has 0 aliphatic heterocycles. The summed E-state index contributed by atoms with van der Waals surface area (Å²) in [5.41, 5.74) is 0. The second kappa shape index (κ2) is 36.4. The summed E-state index contributed by atoms with van der Waals surface area (Å²) in [6, 6.07) is 0. The third-order valence-electron chi connectivity index (χ3n) is 10.7. The number of carbonyl (C=O) groups excluding carboxylic acids is 2. The zero-order valence-electron chi connectivity index (χ0n) is 38.0. The molecule has 1 aliphatic rings. The van der Waals surface area contributed by atoms with Crippen LogP contribution >= 0.6 is 15.6 Å². The maximum atomic E-state index is 13.0. The van der Waals surface area contributed by atoms with Gasteiger partial charge in [-0.3, -0.25) is 23.2 Å². The van der Waals surface area contributed by atoms with Crippen LogP contribution in [0.4, 0.5) is 0 Å². The summed E-state index contributed by atoms with van der Waals surface area (Å²) in [7, 11) is -10.7. The highest BCUT2D eigenvalue weighted by molar-refractivity contribution is 7.47. The lowest BCUT2D eigenvalue weighted by Gasteiger charge is -2.43. The third kappa shape index (κ3) is 30.9. The molecule has 0 aromatic carbocycles. The number of allylic oxidation sites excluding steroid dienone is 6. The van der Waals surface area contributed by atoms with E-state index in [0.29, 0.717) is 12.8 Å². The molecule has 18 heteroatoms. The molecular weight excluding hydrogens is 858 g/mol. The molecule has 0 heterocycles. The predicted molar refractivity (Wildman–Crippen MR) is 241 cm³/mol. The van der Waals surface area contributed by atoms with E-state index >= 15 is 0 Å². The molecule has 1 rings (SSSR count). The van der Waals surface area contributed by atoms with Gasteiger partial charge >= 0.3 is 27.6 Å². The SMILES string of the molecule is CCCCCC=CCC=CCC=CCCCCCCC(=O)OCC(COP(=O)(O)OC1C(O)C(O)C(O)C(OP(=O)(O)O)C1O)OC(=O)CCCCCCCCCCCCCCC. The molecule has 0 spiro atoms. The van der Waals surface area contributed by atoms with E-state index in [-0.39, 0.29) is 12.8 Å². The Morgan fingerprint density at radius 2 is 0.921 bits per heavy atom. The summed E-state index contributed by atoms with van der Waals surface area (Å²) in [5, 5.41) is 41.2. The lowest BCUT2D eigenvalue weighted by atomic mass is 9.85. The largest absolute Gasteiger partial charge is 0.472 e. The van der Waals surface area contributed by atoms with Gasteiger partial charge in [-0.15, -0.1) is 0 Å². The van der Waals surface area contributed by atoms with Gasteiger partial charge in [0.25, 0.3) is 0 Å². The van der Waals surface area contributed by atoms with Gasteiger partial charge in [0.05, 0.1) is 6.61 Å². The van der Waals surface area contributed by atoms with Crippen LogP contribution in [0.15, 0.2) is 36.5 Å². The van der Waals surface area contributed by atoms with E-state index in [1.54, 1.807) is 0 Å². The first-order valence-electron chi connectivity index (χ1n) is 23.5. The Morgan fingerprint density at radius 3 is 1.43 bits per heavy atom. The van der Waals surface area contributed by atoms with Crippen LogP contribution in [-0.2, 0) is 41.8 Å². The van der Waals surface area contributed by atoms with Gasteiger partial charge in [0, 0.05) is 12.8 Å². The smallest absolute Gasteiger partial charge is 0.462 e. The van der Waals surface area contributed by atoms with E-state index in [1.165, 1.54) is 70.6 Å². The average Bonchev–Trinajstić information content (AvgIpc) is 3.23. The molecule has 8 unspecified atom stereocenters. The van der Waals surface area contributed by atoms with Crippen LogP contribution in [0.25, 0.3) is 0 Å². The summed E-state index contributed by atoms with van der Waals surface area (Å²) in [6.45, 7) is 3.06. The van der Waals surface area contributed by atoms with Crippen molar-refractivity contribution >= 4 is 27.6 Å². The van der Waals surface area contributed by atoms with E-state index < -0.39 is 83.5 Å². The van der Waals surface area contributed by atoms with Crippen LogP contribution < -0.4 is 0 Å². The number of hydrogen-bond acceptors (Lipinski definition) is 13. The molecule has 0 bridgehead atoms. The monoisotopic (exact) mass is 941 g/mol. The maximum Gasteiger partial charge on any atom is 0.472 e. The molecule has 7 N–H and O–H groups in total. The van der Waals surface area contributed by atoms with Gasteiger partial charge < -0.3 is 44.6 Å². The van der Waals surface area contributed by atoms with Crippen LogP contribution in [0.3, 0.4) is 0 Å². The van der Waals surface area contributed by atoms with Gasteiger partial charge in [0.2, 0.25) is 0 Å². The van der Waals surface area contributed by atoms with Gasteiger partial charge in [-0.25, -0.2) is 9.13 Å². The molecule has 1 saturated carbocycles. The number of phosphoric acid groups is 2. The van der Waals surface area contributed by atoms with Gasteiger partial charge in [0.1, 0.15) is 43.2 Å². The lowest BCUT2D eigenvalue weighted by Crippen LogP contribution is -2.64. The van der Waals surface area contributed by atoms with E-state index in [1.807, 2.05) is 0 Å². The van der Waals surface area contributed by atoms with Crippen LogP contribution in [0.2, 0.25) is 0 Å². The summed E-state index contributed by atoms with van der Waals surface area (Å²) >= 11 is 0. The molecule has 368 valence electrons.